The van der Waals surface area contributed by atoms with Crippen molar-refractivity contribution in [2.45, 2.75) is 38.6 Å². The number of benzene rings is 1. The van der Waals surface area contributed by atoms with Crippen LogP contribution in [0.2, 0.25) is 5.02 Å². The second kappa shape index (κ2) is 8.41. The zero-order chi connectivity index (χ0) is 19.0. The van der Waals surface area contributed by atoms with Gasteiger partial charge in [-0.2, -0.15) is 4.98 Å². The topological polar surface area (TPSA) is 96.2 Å². The molecule has 1 fully saturated rings. The van der Waals surface area contributed by atoms with E-state index in [0.717, 1.165) is 56.0 Å². The Morgan fingerprint density at radius 1 is 1.32 bits per heavy atom. The first-order valence-corrected chi connectivity index (χ1v) is 9.61. The molecule has 1 aliphatic carbocycles. The van der Waals surface area contributed by atoms with Gasteiger partial charge in [0.1, 0.15) is 5.82 Å². The van der Waals surface area contributed by atoms with E-state index in [1.165, 1.54) is 5.56 Å². The molecule has 1 aliphatic heterocycles. The number of hydrogen-bond donors (Lipinski definition) is 3. The fourth-order valence-electron chi connectivity index (χ4n) is 3.84. The van der Waals surface area contributed by atoms with Crippen LogP contribution in [0.1, 0.15) is 31.0 Å². The van der Waals surface area contributed by atoms with Crippen LogP contribution >= 0.6 is 24.0 Å². The number of amides is 1. The van der Waals surface area contributed by atoms with Gasteiger partial charge in [0.2, 0.25) is 11.9 Å². The van der Waals surface area contributed by atoms with Crippen LogP contribution < -0.4 is 21.3 Å². The minimum absolute atomic E-state index is 0. The normalized spacial score (nSPS) is 17.8. The lowest BCUT2D eigenvalue weighted by Gasteiger charge is -2.21. The number of hydrogen-bond acceptors (Lipinski definition) is 6. The van der Waals surface area contributed by atoms with Gasteiger partial charge >= 0.3 is 0 Å². The first-order chi connectivity index (χ1) is 13.0. The Balaban J connectivity index is 0.00000225. The van der Waals surface area contributed by atoms with Crippen molar-refractivity contribution >= 4 is 53.1 Å². The van der Waals surface area contributed by atoms with Crippen molar-refractivity contribution in [3.8, 4) is 0 Å². The highest BCUT2D eigenvalue weighted by molar-refractivity contribution is 6.33. The maximum Gasteiger partial charge on any atom is 0.229 e. The van der Waals surface area contributed by atoms with Crippen molar-refractivity contribution in [2.75, 3.05) is 29.0 Å². The fraction of sp³-hybridized carbons (Fsp3) is 0.421. The lowest BCUT2D eigenvalue weighted by atomic mass is 10.2. The number of nitrogens with zero attached hydrogens (tertiary/aromatic N) is 3. The Hall–Kier alpha value is -2.25. The van der Waals surface area contributed by atoms with Crippen molar-refractivity contribution in [3.05, 3.63) is 34.5 Å². The number of aryl methyl sites for hydroxylation is 1. The Morgan fingerprint density at radius 2 is 2.14 bits per heavy atom. The largest absolute Gasteiger partial charge is 0.397 e. The molecule has 1 atom stereocenters. The lowest BCUT2D eigenvalue weighted by Crippen LogP contribution is -2.36. The highest BCUT2D eigenvalue weighted by Crippen LogP contribution is 2.33. The van der Waals surface area contributed by atoms with Crippen LogP contribution in [-0.4, -0.2) is 35.0 Å². The highest BCUT2D eigenvalue weighted by Gasteiger charge is 2.29. The zero-order valence-corrected chi connectivity index (χ0v) is 17.2. The second-order valence-electron chi connectivity index (χ2n) is 7.14. The summed E-state index contributed by atoms with van der Waals surface area (Å²) in [6.45, 7) is 3.21. The molecule has 0 unspecified atom stereocenters. The number of carbonyl (C=O) groups excluding carboxylic acids is 1. The van der Waals surface area contributed by atoms with Gasteiger partial charge in [-0.1, -0.05) is 11.6 Å². The maximum atomic E-state index is 11.4. The van der Waals surface area contributed by atoms with E-state index >= 15 is 0 Å². The molecule has 2 aromatic rings. The molecule has 28 heavy (non-hydrogen) atoms. The predicted molar refractivity (Wildman–Crippen MR) is 115 cm³/mol. The first kappa shape index (κ1) is 20.5. The van der Waals surface area contributed by atoms with E-state index < -0.39 is 0 Å². The van der Waals surface area contributed by atoms with Crippen LogP contribution in [0.3, 0.4) is 0 Å². The number of nitrogens with one attached hydrogen (secondary N) is 2. The standard InChI is InChI=1S/C19H23ClN6O.ClH/c1-11(27)22-13-7-8-26(10-13)18-14-3-2-4-17(14)24-19(25-18)23-12-5-6-15(20)16(21)9-12;/h5-6,9,13H,2-4,7-8,10,21H2,1H3,(H,22,27)(H,23,24,25);1H/t13-;/m0./s1. The molecule has 1 saturated heterocycles. The molecule has 1 aromatic heterocycles. The second-order valence-corrected chi connectivity index (χ2v) is 7.55. The smallest absolute Gasteiger partial charge is 0.229 e. The third-order valence-corrected chi connectivity index (χ3v) is 5.40. The van der Waals surface area contributed by atoms with Gasteiger partial charge in [-0.15, -0.1) is 12.4 Å². The summed E-state index contributed by atoms with van der Waals surface area (Å²) in [5.41, 5.74) is 9.55. The summed E-state index contributed by atoms with van der Waals surface area (Å²) in [6, 6.07) is 5.56. The molecule has 0 bridgehead atoms. The van der Waals surface area contributed by atoms with Gasteiger partial charge in [0, 0.05) is 37.3 Å². The van der Waals surface area contributed by atoms with E-state index in [-0.39, 0.29) is 24.4 Å². The van der Waals surface area contributed by atoms with Gasteiger partial charge in [0.15, 0.2) is 0 Å². The minimum Gasteiger partial charge on any atom is -0.397 e. The molecule has 1 amide bonds. The molecule has 0 saturated carbocycles. The Labute approximate surface area is 175 Å². The van der Waals surface area contributed by atoms with E-state index in [1.807, 2.05) is 6.07 Å². The highest BCUT2D eigenvalue weighted by atomic mass is 35.5. The SMILES string of the molecule is CC(=O)N[C@H]1CCN(c2nc(Nc3ccc(Cl)c(N)c3)nc3c2CCC3)C1.Cl. The van der Waals surface area contributed by atoms with E-state index in [9.17, 15) is 4.79 Å². The van der Waals surface area contributed by atoms with Crippen LogP contribution in [0.25, 0.3) is 0 Å². The van der Waals surface area contributed by atoms with Crippen molar-refractivity contribution in [1.82, 2.24) is 15.3 Å². The summed E-state index contributed by atoms with van der Waals surface area (Å²) in [4.78, 5) is 23.1. The van der Waals surface area contributed by atoms with Gasteiger partial charge in [0.05, 0.1) is 16.4 Å². The molecular formula is C19H24Cl2N6O. The fourth-order valence-corrected chi connectivity index (χ4v) is 3.96. The van der Waals surface area contributed by atoms with Crippen LogP contribution in [0.4, 0.5) is 23.1 Å². The Morgan fingerprint density at radius 3 is 2.89 bits per heavy atom. The Bertz CT molecular complexity index is 891. The maximum absolute atomic E-state index is 11.4. The molecule has 2 aliphatic rings. The Kier molecular flexibility index (Phi) is 6.15. The average molecular weight is 423 g/mol. The predicted octanol–water partition coefficient (Wildman–Crippen LogP) is 3.08. The summed E-state index contributed by atoms with van der Waals surface area (Å²) >= 11 is 6.00. The van der Waals surface area contributed by atoms with Crippen LogP contribution in [0.5, 0.6) is 0 Å². The molecule has 2 heterocycles. The molecule has 150 valence electrons. The van der Waals surface area contributed by atoms with E-state index in [1.54, 1.807) is 19.1 Å². The number of nitrogen functional groups attached to an aromatic ring is 1. The van der Waals surface area contributed by atoms with Gasteiger partial charge < -0.3 is 21.3 Å². The molecule has 9 heteroatoms. The van der Waals surface area contributed by atoms with Crippen molar-refractivity contribution in [2.24, 2.45) is 0 Å². The molecule has 0 radical (unpaired) electrons. The van der Waals surface area contributed by atoms with Crippen molar-refractivity contribution in [1.29, 1.82) is 0 Å². The first-order valence-electron chi connectivity index (χ1n) is 9.23. The van der Waals surface area contributed by atoms with Gasteiger partial charge in [-0.05, 0) is 43.9 Å². The summed E-state index contributed by atoms with van der Waals surface area (Å²) in [5, 5.41) is 6.79. The van der Waals surface area contributed by atoms with Crippen molar-refractivity contribution < 1.29 is 4.79 Å². The van der Waals surface area contributed by atoms with E-state index in [4.69, 9.17) is 27.3 Å². The molecular weight excluding hydrogens is 399 g/mol. The zero-order valence-electron chi connectivity index (χ0n) is 15.7. The number of rotatable bonds is 4. The molecule has 0 spiro atoms. The molecule has 7 nitrogen and oxygen atoms in total. The number of anilines is 4. The number of nitrogens with two attached hydrogens (primary N) is 1. The number of fused-ring (bicyclic) bond motifs is 1. The third-order valence-electron chi connectivity index (χ3n) is 5.06. The minimum atomic E-state index is 0. The quantitative estimate of drug-likeness (QED) is 0.655. The summed E-state index contributed by atoms with van der Waals surface area (Å²) in [6.07, 6.45) is 3.98. The number of aromatic nitrogens is 2. The third kappa shape index (κ3) is 4.25. The average Bonchev–Trinajstić information content (AvgIpc) is 3.26. The van der Waals surface area contributed by atoms with Crippen LogP contribution in [0.15, 0.2) is 18.2 Å². The van der Waals surface area contributed by atoms with Crippen LogP contribution in [0, 0.1) is 0 Å². The van der Waals surface area contributed by atoms with Crippen molar-refractivity contribution in [3.63, 3.8) is 0 Å². The van der Waals surface area contributed by atoms with E-state index in [0.29, 0.717) is 16.7 Å². The molecule has 4 rings (SSSR count). The van der Waals surface area contributed by atoms with E-state index in [2.05, 4.69) is 15.5 Å². The van der Waals surface area contributed by atoms with Gasteiger partial charge in [-0.3, -0.25) is 4.79 Å². The van der Waals surface area contributed by atoms with Gasteiger partial charge in [-0.25, -0.2) is 4.98 Å². The lowest BCUT2D eigenvalue weighted by molar-refractivity contribution is -0.119. The number of carbonyl (C=O) groups is 1. The van der Waals surface area contributed by atoms with Crippen LogP contribution in [-0.2, 0) is 17.6 Å². The summed E-state index contributed by atoms with van der Waals surface area (Å²) in [5.74, 6) is 1.56. The molecule has 4 N–H and O–H groups in total. The summed E-state index contributed by atoms with van der Waals surface area (Å²) < 4.78 is 0. The molecule has 1 aromatic carbocycles. The summed E-state index contributed by atoms with van der Waals surface area (Å²) in [7, 11) is 0. The monoisotopic (exact) mass is 422 g/mol. The van der Waals surface area contributed by atoms with Gasteiger partial charge in [0.25, 0.3) is 0 Å². The number of halogens is 2.